The van der Waals surface area contributed by atoms with E-state index in [0.717, 1.165) is 49.7 Å². The Labute approximate surface area is 109 Å². The maximum atomic E-state index is 5.76. The normalized spacial score (nSPS) is 19.6. The summed E-state index contributed by atoms with van der Waals surface area (Å²) in [4.78, 5) is 0. The Kier molecular flexibility index (Phi) is 4.84. The topological polar surface area (TPSA) is 42.5 Å². The van der Waals surface area contributed by atoms with E-state index in [4.69, 9.17) is 9.47 Å². The molecule has 2 N–H and O–H groups in total. The van der Waals surface area contributed by atoms with Gasteiger partial charge in [0.05, 0.1) is 13.7 Å². The maximum Gasteiger partial charge on any atom is 0.125 e. The van der Waals surface area contributed by atoms with E-state index in [-0.39, 0.29) is 0 Å². The Balaban J connectivity index is 1.79. The first-order valence-electron chi connectivity index (χ1n) is 6.51. The van der Waals surface area contributed by atoms with E-state index in [2.05, 4.69) is 10.6 Å². The summed E-state index contributed by atoms with van der Waals surface area (Å²) < 4.78 is 11.0. The molecule has 4 nitrogen and oxygen atoms in total. The summed E-state index contributed by atoms with van der Waals surface area (Å²) in [6, 6.07) is 6.48. The van der Waals surface area contributed by atoms with Crippen LogP contribution in [0.2, 0.25) is 0 Å². The summed E-state index contributed by atoms with van der Waals surface area (Å²) in [7, 11) is 1.68. The third kappa shape index (κ3) is 3.62. The predicted octanol–water partition coefficient (Wildman–Crippen LogP) is 1.33. The van der Waals surface area contributed by atoms with Crippen LogP contribution in [0.15, 0.2) is 18.2 Å². The van der Waals surface area contributed by atoms with Gasteiger partial charge in [-0.2, -0.15) is 0 Å². The predicted molar refractivity (Wildman–Crippen MR) is 72.5 cm³/mol. The molecule has 0 aliphatic carbocycles. The number of hydrogen-bond donors (Lipinski definition) is 2. The molecule has 100 valence electrons. The zero-order valence-corrected chi connectivity index (χ0v) is 11.2. The van der Waals surface area contributed by atoms with Crippen molar-refractivity contribution in [3.8, 4) is 11.5 Å². The maximum absolute atomic E-state index is 5.76. The number of methoxy groups -OCH3 is 1. The summed E-state index contributed by atoms with van der Waals surface area (Å²) in [6.07, 6.45) is 1.02. The van der Waals surface area contributed by atoms with Gasteiger partial charge >= 0.3 is 0 Å². The average molecular weight is 250 g/mol. The average Bonchev–Trinajstić information content (AvgIpc) is 2.42. The summed E-state index contributed by atoms with van der Waals surface area (Å²) in [6.45, 7) is 5.89. The number of piperazine rings is 1. The molecule has 0 amide bonds. The van der Waals surface area contributed by atoms with Crippen LogP contribution in [-0.2, 0) is 0 Å². The van der Waals surface area contributed by atoms with Crippen LogP contribution in [0.5, 0.6) is 11.5 Å². The van der Waals surface area contributed by atoms with Crippen molar-refractivity contribution in [1.82, 2.24) is 10.6 Å². The van der Waals surface area contributed by atoms with E-state index in [9.17, 15) is 0 Å². The molecule has 0 aromatic heterocycles. The van der Waals surface area contributed by atoms with Crippen molar-refractivity contribution in [2.75, 3.05) is 33.4 Å². The molecule has 1 atom stereocenters. The van der Waals surface area contributed by atoms with E-state index in [1.54, 1.807) is 7.11 Å². The number of nitrogens with one attached hydrogen (secondary N) is 2. The molecule has 2 rings (SSSR count). The zero-order valence-electron chi connectivity index (χ0n) is 11.2. The summed E-state index contributed by atoms with van der Waals surface area (Å²) in [5, 5.41) is 6.84. The molecule has 0 saturated carbocycles. The summed E-state index contributed by atoms with van der Waals surface area (Å²) in [5.74, 6) is 1.76. The van der Waals surface area contributed by atoms with Gasteiger partial charge in [-0.3, -0.25) is 0 Å². The minimum atomic E-state index is 0.520. The van der Waals surface area contributed by atoms with Crippen LogP contribution in [0.4, 0.5) is 0 Å². The minimum Gasteiger partial charge on any atom is -0.496 e. The Morgan fingerprint density at radius 1 is 1.33 bits per heavy atom. The molecule has 1 aromatic carbocycles. The van der Waals surface area contributed by atoms with E-state index >= 15 is 0 Å². The van der Waals surface area contributed by atoms with Gasteiger partial charge in [0.25, 0.3) is 0 Å². The molecular weight excluding hydrogens is 228 g/mol. The Hall–Kier alpha value is -1.26. The zero-order chi connectivity index (χ0) is 12.8. The molecule has 4 heteroatoms. The van der Waals surface area contributed by atoms with Crippen molar-refractivity contribution < 1.29 is 9.47 Å². The molecule has 1 heterocycles. The van der Waals surface area contributed by atoms with Crippen molar-refractivity contribution in [1.29, 1.82) is 0 Å². The largest absolute Gasteiger partial charge is 0.496 e. The number of ether oxygens (including phenoxy) is 2. The number of aryl methyl sites for hydroxylation is 1. The van der Waals surface area contributed by atoms with Crippen LogP contribution in [0, 0.1) is 6.92 Å². The third-order valence-electron chi connectivity index (χ3n) is 3.24. The highest BCUT2D eigenvalue weighted by molar-refractivity contribution is 5.39. The van der Waals surface area contributed by atoms with E-state index in [0.29, 0.717) is 6.04 Å². The molecule has 1 aliphatic heterocycles. The third-order valence-corrected chi connectivity index (χ3v) is 3.24. The first-order valence-corrected chi connectivity index (χ1v) is 6.51. The van der Waals surface area contributed by atoms with E-state index in [1.807, 2.05) is 25.1 Å². The highest BCUT2D eigenvalue weighted by atomic mass is 16.5. The fraction of sp³-hybridized carbons (Fsp3) is 0.571. The molecule has 0 spiro atoms. The van der Waals surface area contributed by atoms with Gasteiger partial charge in [-0.15, -0.1) is 0 Å². The minimum absolute atomic E-state index is 0.520. The van der Waals surface area contributed by atoms with Gasteiger partial charge in [0.15, 0.2) is 0 Å². The highest BCUT2D eigenvalue weighted by Gasteiger charge is 2.11. The van der Waals surface area contributed by atoms with Crippen LogP contribution in [0.1, 0.15) is 12.0 Å². The monoisotopic (exact) mass is 250 g/mol. The van der Waals surface area contributed by atoms with Gasteiger partial charge in [0.1, 0.15) is 11.5 Å². The second kappa shape index (κ2) is 6.61. The molecule has 0 unspecified atom stereocenters. The molecule has 18 heavy (non-hydrogen) atoms. The summed E-state index contributed by atoms with van der Waals surface area (Å²) >= 11 is 0. The van der Waals surface area contributed by atoms with Gasteiger partial charge in [0.2, 0.25) is 0 Å². The van der Waals surface area contributed by atoms with Gasteiger partial charge in [-0.1, -0.05) is 6.07 Å². The lowest BCUT2D eigenvalue weighted by molar-refractivity contribution is 0.272. The van der Waals surface area contributed by atoms with Crippen LogP contribution >= 0.6 is 0 Å². The quantitative estimate of drug-likeness (QED) is 0.827. The number of hydrogen-bond acceptors (Lipinski definition) is 4. The van der Waals surface area contributed by atoms with Crippen molar-refractivity contribution >= 4 is 0 Å². The van der Waals surface area contributed by atoms with E-state index < -0.39 is 0 Å². The summed E-state index contributed by atoms with van der Waals surface area (Å²) in [5.41, 5.74) is 1.13. The lowest BCUT2D eigenvalue weighted by atomic mass is 10.2. The van der Waals surface area contributed by atoms with Crippen molar-refractivity contribution in [2.24, 2.45) is 0 Å². The fourth-order valence-electron chi connectivity index (χ4n) is 2.13. The number of rotatable bonds is 5. The fourth-order valence-corrected chi connectivity index (χ4v) is 2.13. The SMILES string of the molecule is COc1cc(OCC[C@@H]2CNCCN2)ccc1C. The van der Waals surface area contributed by atoms with E-state index in [1.165, 1.54) is 0 Å². The standard InChI is InChI=1S/C14H22N2O2/c1-11-3-4-13(9-14(11)17-2)18-8-5-12-10-15-6-7-16-12/h3-4,9,12,15-16H,5-8,10H2,1-2H3/t12-/m1/s1. The lowest BCUT2D eigenvalue weighted by Crippen LogP contribution is -2.48. The molecule has 1 saturated heterocycles. The smallest absolute Gasteiger partial charge is 0.125 e. The highest BCUT2D eigenvalue weighted by Crippen LogP contribution is 2.23. The van der Waals surface area contributed by atoms with Crippen LogP contribution in [0.3, 0.4) is 0 Å². The molecule has 1 aliphatic rings. The molecular formula is C14H22N2O2. The van der Waals surface area contributed by atoms with Gasteiger partial charge in [-0.25, -0.2) is 0 Å². The second-order valence-corrected chi connectivity index (χ2v) is 4.62. The van der Waals surface area contributed by atoms with Crippen molar-refractivity contribution in [3.63, 3.8) is 0 Å². The van der Waals surface area contributed by atoms with Crippen LogP contribution in [0.25, 0.3) is 0 Å². The van der Waals surface area contributed by atoms with Gasteiger partial charge < -0.3 is 20.1 Å². The molecule has 1 aromatic rings. The molecule has 0 bridgehead atoms. The molecule has 1 fully saturated rings. The Morgan fingerprint density at radius 3 is 2.94 bits per heavy atom. The lowest BCUT2D eigenvalue weighted by Gasteiger charge is -2.24. The second-order valence-electron chi connectivity index (χ2n) is 4.62. The first kappa shape index (κ1) is 13.2. The van der Waals surface area contributed by atoms with Crippen molar-refractivity contribution in [3.05, 3.63) is 23.8 Å². The van der Waals surface area contributed by atoms with Gasteiger partial charge in [-0.05, 0) is 25.0 Å². The van der Waals surface area contributed by atoms with Gasteiger partial charge in [0, 0.05) is 31.7 Å². The Morgan fingerprint density at radius 2 is 2.22 bits per heavy atom. The first-order chi connectivity index (χ1) is 8.79. The number of benzene rings is 1. The van der Waals surface area contributed by atoms with Crippen molar-refractivity contribution in [2.45, 2.75) is 19.4 Å². The van der Waals surface area contributed by atoms with Crippen LogP contribution in [-0.4, -0.2) is 39.4 Å². The Bertz CT molecular complexity index is 376. The van der Waals surface area contributed by atoms with Crippen LogP contribution < -0.4 is 20.1 Å². The molecule has 0 radical (unpaired) electrons.